The average Bonchev–Trinajstić information content (AvgIpc) is 2.41. The van der Waals surface area contributed by atoms with Gasteiger partial charge in [0.05, 0.1) is 11.7 Å². The molecule has 1 fully saturated rings. The van der Waals surface area contributed by atoms with Crippen LogP contribution in [0.3, 0.4) is 0 Å². The Morgan fingerprint density at radius 3 is 2.48 bits per heavy atom. The zero-order valence-electron chi connectivity index (χ0n) is 12.3. The fourth-order valence-electron chi connectivity index (χ4n) is 2.64. The van der Waals surface area contributed by atoms with Gasteiger partial charge in [-0.1, -0.05) is 29.8 Å². The smallest absolute Gasteiger partial charge is 0.307 e. The van der Waals surface area contributed by atoms with E-state index >= 15 is 0 Å². The monoisotopic (exact) mass is 311 g/mol. The molecule has 0 bridgehead atoms. The molecule has 1 N–H and O–H groups in total. The molecular formula is C15H21NO4S. The molecule has 0 aromatic heterocycles. The van der Waals surface area contributed by atoms with Crippen LogP contribution in [0.2, 0.25) is 0 Å². The topological polar surface area (TPSA) is 74.7 Å². The Labute approximate surface area is 125 Å². The van der Waals surface area contributed by atoms with Gasteiger partial charge in [-0.25, -0.2) is 8.42 Å². The van der Waals surface area contributed by atoms with E-state index in [0.29, 0.717) is 12.8 Å². The van der Waals surface area contributed by atoms with E-state index in [0.717, 1.165) is 11.1 Å². The Bertz CT molecular complexity index is 609. The van der Waals surface area contributed by atoms with Gasteiger partial charge in [-0.05, 0) is 32.3 Å². The maximum Gasteiger partial charge on any atom is 0.307 e. The Balaban J connectivity index is 2.17. The normalized spacial score (nSPS) is 23.9. The van der Waals surface area contributed by atoms with Crippen LogP contribution in [0.1, 0.15) is 30.9 Å². The number of hydrogen-bond acceptors (Lipinski definition) is 3. The van der Waals surface area contributed by atoms with Crippen molar-refractivity contribution < 1.29 is 18.3 Å². The predicted molar refractivity (Wildman–Crippen MR) is 80.3 cm³/mol. The van der Waals surface area contributed by atoms with Crippen LogP contribution < -0.4 is 0 Å². The molecule has 1 aromatic carbocycles. The number of benzene rings is 1. The van der Waals surface area contributed by atoms with Gasteiger partial charge in [0.15, 0.2) is 0 Å². The Morgan fingerprint density at radius 1 is 1.29 bits per heavy atom. The molecule has 1 aromatic rings. The molecule has 1 heterocycles. The van der Waals surface area contributed by atoms with Crippen LogP contribution >= 0.6 is 0 Å². The number of piperidine rings is 1. The highest BCUT2D eigenvalue weighted by Gasteiger charge is 2.36. The van der Waals surface area contributed by atoms with E-state index in [1.165, 1.54) is 4.31 Å². The van der Waals surface area contributed by atoms with E-state index in [-0.39, 0.29) is 18.3 Å². The molecule has 0 saturated carbocycles. The Kier molecular flexibility index (Phi) is 4.68. The Morgan fingerprint density at radius 2 is 1.90 bits per heavy atom. The van der Waals surface area contributed by atoms with Crippen molar-refractivity contribution in [1.82, 2.24) is 4.31 Å². The first-order valence-corrected chi connectivity index (χ1v) is 8.68. The lowest BCUT2D eigenvalue weighted by molar-refractivity contribution is -0.143. The first-order chi connectivity index (χ1) is 9.79. The van der Waals surface area contributed by atoms with Crippen LogP contribution in [0.15, 0.2) is 24.3 Å². The molecule has 6 heteroatoms. The highest BCUT2D eigenvalue weighted by Crippen LogP contribution is 2.26. The highest BCUT2D eigenvalue weighted by molar-refractivity contribution is 7.88. The van der Waals surface area contributed by atoms with Crippen molar-refractivity contribution in [3.8, 4) is 0 Å². The summed E-state index contributed by atoms with van der Waals surface area (Å²) in [6.07, 6.45) is 1.12. The molecule has 2 unspecified atom stereocenters. The third-order valence-corrected chi connectivity index (χ3v) is 5.92. The van der Waals surface area contributed by atoms with E-state index in [1.54, 1.807) is 12.1 Å². The van der Waals surface area contributed by atoms with Gasteiger partial charge in [0.2, 0.25) is 10.0 Å². The lowest BCUT2D eigenvalue weighted by Crippen LogP contribution is -2.47. The molecule has 0 amide bonds. The quantitative estimate of drug-likeness (QED) is 0.923. The SMILES string of the molecule is Cc1ccc(CS(=O)(=O)N2CC(C(=O)O)CCC2C)cc1. The van der Waals surface area contributed by atoms with Gasteiger partial charge in [0, 0.05) is 12.6 Å². The van der Waals surface area contributed by atoms with Crippen LogP contribution in [0, 0.1) is 12.8 Å². The van der Waals surface area contributed by atoms with Crippen molar-refractivity contribution >= 4 is 16.0 Å². The molecule has 0 radical (unpaired) electrons. The molecule has 1 aliphatic rings. The van der Waals surface area contributed by atoms with E-state index in [2.05, 4.69) is 0 Å². The molecule has 0 aliphatic carbocycles. The molecule has 0 spiro atoms. The minimum absolute atomic E-state index is 0.0741. The molecule has 21 heavy (non-hydrogen) atoms. The fourth-order valence-corrected chi connectivity index (χ4v) is 4.48. The average molecular weight is 311 g/mol. The second-order valence-electron chi connectivity index (χ2n) is 5.77. The van der Waals surface area contributed by atoms with Crippen molar-refractivity contribution in [3.63, 3.8) is 0 Å². The molecule has 2 atom stereocenters. The van der Waals surface area contributed by atoms with Crippen LogP contribution in [0.25, 0.3) is 0 Å². The molecule has 5 nitrogen and oxygen atoms in total. The first-order valence-electron chi connectivity index (χ1n) is 7.07. The van der Waals surface area contributed by atoms with Crippen molar-refractivity contribution in [2.75, 3.05) is 6.54 Å². The number of sulfonamides is 1. The number of nitrogens with zero attached hydrogens (tertiary/aromatic N) is 1. The summed E-state index contributed by atoms with van der Waals surface area (Å²) in [6.45, 7) is 3.86. The van der Waals surface area contributed by atoms with E-state index in [4.69, 9.17) is 5.11 Å². The number of carboxylic acid groups (broad SMARTS) is 1. The van der Waals surface area contributed by atoms with Gasteiger partial charge in [0.25, 0.3) is 0 Å². The second kappa shape index (κ2) is 6.15. The van der Waals surface area contributed by atoms with Crippen molar-refractivity contribution in [1.29, 1.82) is 0 Å². The summed E-state index contributed by atoms with van der Waals surface area (Å²) in [6, 6.07) is 7.22. The highest BCUT2D eigenvalue weighted by atomic mass is 32.2. The first kappa shape index (κ1) is 16.0. The zero-order valence-corrected chi connectivity index (χ0v) is 13.1. The van der Waals surface area contributed by atoms with Gasteiger partial charge in [-0.15, -0.1) is 0 Å². The number of aliphatic carboxylic acids is 1. The summed E-state index contributed by atoms with van der Waals surface area (Å²) in [5.74, 6) is -1.60. The summed E-state index contributed by atoms with van der Waals surface area (Å²) >= 11 is 0. The summed E-state index contributed by atoms with van der Waals surface area (Å²) < 4.78 is 26.5. The fraction of sp³-hybridized carbons (Fsp3) is 0.533. The van der Waals surface area contributed by atoms with Gasteiger partial charge >= 0.3 is 5.97 Å². The van der Waals surface area contributed by atoms with E-state index in [9.17, 15) is 13.2 Å². The molecular weight excluding hydrogens is 290 g/mol. The van der Waals surface area contributed by atoms with Crippen molar-refractivity contribution in [2.45, 2.75) is 38.5 Å². The summed E-state index contributed by atoms with van der Waals surface area (Å²) in [4.78, 5) is 11.1. The van der Waals surface area contributed by atoms with Crippen molar-refractivity contribution in [3.05, 3.63) is 35.4 Å². The van der Waals surface area contributed by atoms with Crippen LogP contribution in [-0.4, -0.2) is 36.4 Å². The lowest BCUT2D eigenvalue weighted by Gasteiger charge is -2.35. The number of carbonyl (C=O) groups is 1. The summed E-state index contributed by atoms with van der Waals surface area (Å²) in [7, 11) is -3.49. The number of carboxylic acids is 1. The second-order valence-corrected chi connectivity index (χ2v) is 7.69. The van der Waals surface area contributed by atoms with E-state index in [1.807, 2.05) is 26.0 Å². The van der Waals surface area contributed by atoms with Gasteiger partial charge in [-0.2, -0.15) is 4.31 Å². The minimum atomic E-state index is -3.49. The molecule has 116 valence electrons. The largest absolute Gasteiger partial charge is 0.481 e. The van der Waals surface area contributed by atoms with Gasteiger partial charge in [-0.3, -0.25) is 4.79 Å². The maximum absolute atomic E-state index is 12.6. The minimum Gasteiger partial charge on any atom is -0.481 e. The number of hydrogen-bond donors (Lipinski definition) is 1. The van der Waals surface area contributed by atoms with Gasteiger partial charge in [0.1, 0.15) is 0 Å². The molecule has 1 aliphatic heterocycles. The van der Waals surface area contributed by atoms with Gasteiger partial charge < -0.3 is 5.11 Å². The predicted octanol–water partition coefficient (Wildman–Crippen LogP) is 2.01. The molecule has 2 rings (SSSR count). The maximum atomic E-state index is 12.6. The third-order valence-electron chi connectivity index (χ3n) is 4.00. The number of rotatable bonds is 4. The van der Waals surface area contributed by atoms with Crippen molar-refractivity contribution in [2.24, 2.45) is 5.92 Å². The van der Waals surface area contributed by atoms with Crippen LogP contribution in [0.4, 0.5) is 0 Å². The number of aryl methyl sites for hydroxylation is 1. The summed E-state index contributed by atoms with van der Waals surface area (Å²) in [5, 5.41) is 9.11. The van der Waals surface area contributed by atoms with Crippen LogP contribution in [0.5, 0.6) is 0 Å². The van der Waals surface area contributed by atoms with E-state index < -0.39 is 21.9 Å². The summed E-state index contributed by atoms with van der Waals surface area (Å²) in [5.41, 5.74) is 1.80. The Hall–Kier alpha value is -1.40. The van der Waals surface area contributed by atoms with Crippen LogP contribution in [-0.2, 0) is 20.6 Å². The molecule has 1 saturated heterocycles. The third kappa shape index (κ3) is 3.83. The zero-order chi connectivity index (χ0) is 15.6. The standard InChI is InChI=1S/C15H21NO4S/c1-11-3-6-13(7-4-11)10-21(19,20)16-9-14(15(17)18)8-5-12(16)2/h3-4,6-7,12,14H,5,8-10H2,1-2H3,(H,17,18). The lowest BCUT2D eigenvalue weighted by atomic mass is 9.96.